The number of hydrogen-bond acceptors (Lipinski definition) is 6. The molecule has 0 atom stereocenters. The van der Waals surface area contributed by atoms with Crippen molar-refractivity contribution < 1.29 is 4.79 Å². The van der Waals surface area contributed by atoms with Gasteiger partial charge in [0.05, 0.1) is 18.1 Å². The number of nitrogens with zero attached hydrogens (tertiary/aromatic N) is 4. The summed E-state index contributed by atoms with van der Waals surface area (Å²) in [6.07, 6.45) is 9.79. The zero-order valence-corrected chi connectivity index (χ0v) is 19.4. The van der Waals surface area contributed by atoms with E-state index in [1.807, 2.05) is 10.9 Å². The van der Waals surface area contributed by atoms with Crippen LogP contribution in [-0.2, 0) is 11.3 Å². The Morgan fingerprint density at radius 3 is 2.83 bits per heavy atom. The van der Waals surface area contributed by atoms with Crippen LogP contribution in [0.3, 0.4) is 0 Å². The first-order chi connectivity index (χ1) is 14.6. The molecule has 0 aliphatic heterocycles. The summed E-state index contributed by atoms with van der Waals surface area (Å²) in [5, 5.41) is 12.7. The minimum atomic E-state index is 0.145. The highest BCUT2D eigenvalue weighted by molar-refractivity contribution is 7.99. The summed E-state index contributed by atoms with van der Waals surface area (Å²) in [7, 11) is 0. The van der Waals surface area contributed by atoms with Gasteiger partial charge in [-0.25, -0.2) is 14.6 Å². The number of carbonyl (C=O) groups excluding carboxylic acids is 1. The van der Waals surface area contributed by atoms with Crippen molar-refractivity contribution in [3.05, 3.63) is 6.20 Å². The standard InChI is InChI=1S/C22H36N6OS/c1-4-13-30-22-26-20(24-14-16(2)3)18-15-25-28(21(18)27-22)12-11-23-19(29)10-9-17-7-5-6-8-17/h15-17H,4-14H2,1-3H3,(H,23,29)(H,24,26,27). The van der Waals surface area contributed by atoms with Crippen LogP contribution in [0, 0.1) is 11.8 Å². The van der Waals surface area contributed by atoms with Crippen molar-refractivity contribution in [2.75, 3.05) is 24.2 Å². The van der Waals surface area contributed by atoms with Gasteiger partial charge in [0.25, 0.3) is 0 Å². The fourth-order valence-electron chi connectivity index (χ4n) is 3.82. The van der Waals surface area contributed by atoms with Crippen LogP contribution in [-0.4, -0.2) is 44.5 Å². The molecular weight excluding hydrogens is 396 g/mol. The normalized spacial score (nSPS) is 14.7. The average Bonchev–Trinajstić information content (AvgIpc) is 3.39. The Morgan fingerprint density at radius 2 is 2.10 bits per heavy atom. The first-order valence-electron chi connectivity index (χ1n) is 11.4. The van der Waals surface area contributed by atoms with E-state index in [-0.39, 0.29) is 5.91 Å². The van der Waals surface area contributed by atoms with E-state index in [2.05, 4.69) is 36.5 Å². The molecule has 2 heterocycles. The topological polar surface area (TPSA) is 84.7 Å². The van der Waals surface area contributed by atoms with Crippen LogP contribution >= 0.6 is 11.8 Å². The van der Waals surface area contributed by atoms with Gasteiger partial charge >= 0.3 is 0 Å². The Morgan fingerprint density at radius 1 is 1.30 bits per heavy atom. The molecule has 1 aliphatic rings. The van der Waals surface area contributed by atoms with Gasteiger partial charge in [0.2, 0.25) is 5.91 Å². The number of aromatic nitrogens is 4. The fourth-order valence-corrected chi connectivity index (χ4v) is 4.51. The smallest absolute Gasteiger partial charge is 0.220 e. The van der Waals surface area contributed by atoms with E-state index in [1.54, 1.807) is 11.8 Å². The van der Waals surface area contributed by atoms with Crippen LogP contribution in [0.1, 0.15) is 65.7 Å². The van der Waals surface area contributed by atoms with Gasteiger partial charge in [-0.2, -0.15) is 5.10 Å². The second kappa shape index (κ2) is 11.5. The minimum Gasteiger partial charge on any atom is -0.369 e. The van der Waals surface area contributed by atoms with Crippen LogP contribution in [0.25, 0.3) is 11.0 Å². The number of nitrogens with one attached hydrogen (secondary N) is 2. The van der Waals surface area contributed by atoms with Gasteiger partial charge in [0, 0.05) is 25.3 Å². The Labute approximate surface area is 184 Å². The highest BCUT2D eigenvalue weighted by Crippen LogP contribution is 2.28. The lowest BCUT2D eigenvalue weighted by Crippen LogP contribution is -2.27. The van der Waals surface area contributed by atoms with E-state index in [9.17, 15) is 4.79 Å². The maximum atomic E-state index is 12.2. The lowest BCUT2D eigenvalue weighted by atomic mass is 10.0. The number of hydrogen-bond donors (Lipinski definition) is 2. The van der Waals surface area contributed by atoms with Crippen molar-refractivity contribution in [1.82, 2.24) is 25.1 Å². The molecule has 1 saturated carbocycles. The van der Waals surface area contributed by atoms with Gasteiger partial charge in [-0.15, -0.1) is 0 Å². The monoisotopic (exact) mass is 432 g/mol. The summed E-state index contributed by atoms with van der Waals surface area (Å²) in [6.45, 7) is 8.54. The largest absolute Gasteiger partial charge is 0.369 e. The third-order valence-electron chi connectivity index (χ3n) is 5.49. The van der Waals surface area contributed by atoms with E-state index < -0.39 is 0 Å². The van der Waals surface area contributed by atoms with Crippen LogP contribution in [0.15, 0.2) is 11.4 Å². The quantitative estimate of drug-likeness (QED) is 0.380. The third-order valence-corrected chi connectivity index (χ3v) is 6.54. The third kappa shape index (κ3) is 6.59. The Balaban J connectivity index is 1.61. The number of fused-ring (bicyclic) bond motifs is 1. The zero-order chi connectivity index (χ0) is 21.3. The lowest BCUT2D eigenvalue weighted by Gasteiger charge is -2.11. The van der Waals surface area contributed by atoms with Gasteiger partial charge in [-0.1, -0.05) is 58.2 Å². The SMILES string of the molecule is CCCSc1nc(NCC(C)C)c2cnn(CCNC(=O)CCC3CCCC3)c2n1. The fraction of sp³-hybridized carbons (Fsp3) is 0.727. The summed E-state index contributed by atoms with van der Waals surface area (Å²) < 4.78 is 1.88. The summed E-state index contributed by atoms with van der Waals surface area (Å²) in [4.78, 5) is 21.6. The molecule has 2 N–H and O–H groups in total. The van der Waals surface area contributed by atoms with Gasteiger partial charge in [0.15, 0.2) is 10.8 Å². The second-order valence-electron chi connectivity index (χ2n) is 8.62. The second-order valence-corrected chi connectivity index (χ2v) is 9.68. The molecule has 0 spiro atoms. The van der Waals surface area contributed by atoms with E-state index in [0.717, 1.165) is 53.1 Å². The van der Waals surface area contributed by atoms with Gasteiger partial charge < -0.3 is 10.6 Å². The number of rotatable bonds is 12. The van der Waals surface area contributed by atoms with Gasteiger partial charge in [0.1, 0.15) is 5.82 Å². The molecule has 1 amide bonds. The molecule has 30 heavy (non-hydrogen) atoms. The lowest BCUT2D eigenvalue weighted by molar-refractivity contribution is -0.121. The maximum absolute atomic E-state index is 12.2. The van der Waals surface area contributed by atoms with Crippen molar-refractivity contribution in [1.29, 1.82) is 0 Å². The molecule has 7 nitrogen and oxygen atoms in total. The highest BCUT2D eigenvalue weighted by Gasteiger charge is 2.17. The van der Waals surface area contributed by atoms with Crippen LogP contribution in [0.2, 0.25) is 0 Å². The predicted octanol–water partition coefficient (Wildman–Crippen LogP) is 4.48. The average molecular weight is 433 g/mol. The number of anilines is 1. The van der Waals surface area contributed by atoms with E-state index >= 15 is 0 Å². The molecule has 2 aromatic heterocycles. The van der Waals surface area contributed by atoms with Crippen LogP contribution in [0.4, 0.5) is 5.82 Å². The van der Waals surface area contributed by atoms with Crippen molar-refractivity contribution in [3.63, 3.8) is 0 Å². The van der Waals surface area contributed by atoms with Gasteiger partial charge in [-0.05, 0) is 24.7 Å². The van der Waals surface area contributed by atoms with Crippen LogP contribution in [0.5, 0.6) is 0 Å². The Kier molecular flexibility index (Phi) is 8.78. The first kappa shape index (κ1) is 22.8. The van der Waals surface area contributed by atoms with Crippen molar-refractivity contribution in [2.24, 2.45) is 11.8 Å². The number of carbonyl (C=O) groups is 1. The molecule has 8 heteroatoms. The zero-order valence-electron chi connectivity index (χ0n) is 18.6. The predicted molar refractivity (Wildman–Crippen MR) is 124 cm³/mol. The molecule has 0 bridgehead atoms. The Hall–Kier alpha value is -1.83. The number of amides is 1. The summed E-state index contributed by atoms with van der Waals surface area (Å²) in [5.74, 6) is 3.25. The molecule has 0 unspecified atom stereocenters. The first-order valence-corrected chi connectivity index (χ1v) is 12.4. The molecule has 3 rings (SSSR count). The summed E-state index contributed by atoms with van der Waals surface area (Å²) in [6, 6.07) is 0. The molecule has 0 saturated heterocycles. The van der Waals surface area contributed by atoms with Crippen LogP contribution < -0.4 is 10.6 Å². The molecule has 0 aromatic carbocycles. The minimum absolute atomic E-state index is 0.145. The molecule has 1 aliphatic carbocycles. The molecule has 0 radical (unpaired) electrons. The number of thioether (sulfide) groups is 1. The highest BCUT2D eigenvalue weighted by atomic mass is 32.2. The van der Waals surface area contributed by atoms with Crippen molar-refractivity contribution in [3.8, 4) is 0 Å². The molecule has 2 aromatic rings. The van der Waals surface area contributed by atoms with Crippen molar-refractivity contribution in [2.45, 2.75) is 77.4 Å². The summed E-state index contributed by atoms with van der Waals surface area (Å²) >= 11 is 1.67. The molecule has 1 fully saturated rings. The van der Waals surface area contributed by atoms with E-state index in [4.69, 9.17) is 9.97 Å². The van der Waals surface area contributed by atoms with E-state index in [0.29, 0.717) is 25.4 Å². The van der Waals surface area contributed by atoms with E-state index in [1.165, 1.54) is 25.7 Å². The van der Waals surface area contributed by atoms with Gasteiger partial charge in [-0.3, -0.25) is 4.79 Å². The van der Waals surface area contributed by atoms with Crippen molar-refractivity contribution >= 4 is 34.5 Å². The molecular formula is C22H36N6OS. The summed E-state index contributed by atoms with van der Waals surface area (Å²) in [5.41, 5.74) is 0.829. The maximum Gasteiger partial charge on any atom is 0.220 e. The Bertz CT molecular complexity index is 815. The molecule has 166 valence electrons.